The van der Waals surface area contributed by atoms with Crippen LogP contribution in [0, 0.1) is 0 Å². The molecule has 0 atom stereocenters. The average Bonchev–Trinajstić information content (AvgIpc) is 3.07. The minimum Gasteiger partial charge on any atom is -0.304 e. The summed E-state index contributed by atoms with van der Waals surface area (Å²) in [5.74, 6) is 0.247. The van der Waals surface area contributed by atoms with Crippen LogP contribution in [0.1, 0.15) is 28.4 Å². The highest BCUT2D eigenvalue weighted by atomic mass is 16.1. The van der Waals surface area contributed by atoms with Gasteiger partial charge in [-0.15, -0.1) is 5.10 Å². The summed E-state index contributed by atoms with van der Waals surface area (Å²) in [5, 5.41) is 10.4. The lowest BCUT2D eigenvalue weighted by atomic mass is 10.1. The molecule has 0 spiro atoms. The van der Waals surface area contributed by atoms with E-state index in [4.69, 9.17) is 0 Å². The fourth-order valence-electron chi connectivity index (χ4n) is 2.64. The van der Waals surface area contributed by atoms with Crippen molar-refractivity contribution in [1.29, 1.82) is 0 Å². The van der Waals surface area contributed by atoms with Crippen molar-refractivity contribution >= 4 is 11.7 Å². The normalized spacial score (nSPS) is 10.9. The lowest BCUT2D eigenvalue weighted by Crippen LogP contribution is -2.22. The smallest absolute Gasteiger partial charge is 0.256 e. The van der Waals surface area contributed by atoms with Gasteiger partial charge in [0, 0.05) is 38.1 Å². The molecule has 0 aliphatic carbocycles. The van der Waals surface area contributed by atoms with Crippen LogP contribution in [0.5, 0.6) is 0 Å². The van der Waals surface area contributed by atoms with Gasteiger partial charge in [-0.05, 0) is 41.9 Å². The van der Waals surface area contributed by atoms with Gasteiger partial charge < -0.3 is 5.32 Å². The number of amides is 1. The minimum absolute atomic E-state index is 0.193. The van der Waals surface area contributed by atoms with Gasteiger partial charge in [0.1, 0.15) is 0 Å². The van der Waals surface area contributed by atoms with Crippen molar-refractivity contribution in [3.8, 4) is 0 Å². The molecule has 0 aliphatic heterocycles. The molecule has 0 radical (unpaired) electrons. The molecule has 134 valence electrons. The molecule has 1 aromatic carbocycles. The summed E-state index contributed by atoms with van der Waals surface area (Å²) in [5.41, 5.74) is 3.00. The summed E-state index contributed by atoms with van der Waals surface area (Å²) < 4.78 is 1.54. The fraction of sp³-hybridized carbons (Fsp3) is 0.263. The van der Waals surface area contributed by atoms with Crippen molar-refractivity contribution in [3.63, 3.8) is 0 Å². The summed E-state index contributed by atoms with van der Waals surface area (Å²) in [6, 6.07) is 11.7. The van der Waals surface area contributed by atoms with Crippen molar-refractivity contribution in [3.05, 3.63) is 71.7 Å². The summed E-state index contributed by atoms with van der Waals surface area (Å²) in [7, 11) is 1.75. The molecule has 0 aliphatic rings. The number of anilines is 1. The number of carbonyl (C=O) groups excluding carboxylic acids is 1. The van der Waals surface area contributed by atoms with Crippen LogP contribution in [0.25, 0.3) is 0 Å². The van der Waals surface area contributed by atoms with Crippen LogP contribution in [0.15, 0.2) is 55.0 Å². The molecule has 0 bridgehead atoms. The van der Waals surface area contributed by atoms with E-state index in [0.29, 0.717) is 11.4 Å². The van der Waals surface area contributed by atoms with Gasteiger partial charge in [-0.2, -0.15) is 0 Å². The lowest BCUT2D eigenvalue weighted by Gasteiger charge is -2.20. The van der Waals surface area contributed by atoms with Gasteiger partial charge in [-0.1, -0.05) is 24.3 Å². The largest absolute Gasteiger partial charge is 0.304 e. The first kappa shape index (κ1) is 17.8. The van der Waals surface area contributed by atoms with Crippen molar-refractivity contribution in [2.75, 3.05) is 11.9 Å². The SMILES string of the molecule is CCN(Cc1ccncc1)Cc1ccc(C(=O)Nc2cn(C)nn2)cc1. The van der Waals surface area contributed by atoms with Gasteiger partial charge in [0.15, 0.2) is 5.82 Å². The molecular weight excluding hydrogens is 328 g/mol. The topological polar surface area (TPSA) is 75.9 Å². The Bertz CT molecular complexity index is 844. The molecule has 7 heteroatoms. The first-order valence-electron chi connectivity index (χ1n) is 8.52. The Morgan fingerprint density at radius 1 is 1.08 bits per heavy atom. The molecule has 0 saturated heterocycles. The number of nitrogens with zero attached hydrogens (tertiary/aromatic N) is 5. The molecule has 0 unspecified atom stereocenters. The Kier molecular flexibility index (Phi) is 5.70. The quantitative estimate of drug-likeness (QED) is 0.708. The van der Waals surface area contributed by atoms with Crippen LogP contribution in [0.3, 0.4) is 0 Å². The zero-order valence-electron chi connectivity index (χ0n) is 15.0. The third-order valence-corrected chi connectivity index (χ3v) is 4.07. The van der Waals surface area contributed by atoms with Gasteiger partial charge >= 0.3 is 0 Å². The molecular formula is C19H22N6O. The predicted molar refractivity (Wildman–Crippen MR) is 99.4 cm³/mol. The van der Waals surface area contributed by atoms with Crippen LogP contribution in [0.2, 0.25) is 0 Å². The van der Waals surface area contributed by atoms with Crippen molar-refractivity contribution in [2.45, 2.75) is 20.0 Å². The predicted octanol–water partition coefficient (Wildman–Crippen LogP) is 2.48. The molecule has 2 aromatic heterocycles. The van der Waals surface area contributed by atoms with E-state index in [1.807, 2.05) is 48.8 Å². The number of benzene rings is 1. The second-order valence-electron chi connectivity index (χ2n) is 6.09. The van der Waals surface area contributed by atoms with Gasteiger partial charge in [-0.3, -0.25) is 19.4 Å². The molecule has 0 saturated carbocycles. The van der Waals surface area contributed by atoms with Crippen LogP contribution < -0.4 is 5.32 Å². The van der Waals surface area contributed by atoms with E-state index in [1.54, 1.807) is 17.9 Å². The molecule has 7 nitrogen and oxygen atoms in total. The van der Waals surface area contributed by atoms with Crippen molar-refractivity contribution in [2.24, 2.45) is 7.05 Å². The molecule has 1 amide bonds. The first-order chi connectivity index (χ1) is 12.6. The molecule has 2 heterocycles. The zero-order valence-corrected chi connectivity index (χ0v) is 15.0. The highest BCUT2D eigenvalue weighted by Gasteiger charge is 2.09. The maximum atomic E-state index is 12.2. The van der Waals surface area contributed by atoms with Crippen LogP contribution >= 0.6 is 0 Å². The number of aromatic nitrogens is 4. The fourth-order valence-corrected chi connectivity index (χ4v) is 2.64. The average molecular weight is 350 g/mol. The number of aryl methyl sites for hydroxylation is 1. The molecule has 3 aromatic rings. The second-order valence-corrected chi connectivity index (χ2v) is 6.09. The minimum atomic E-state index is -0.193. The molecule has 0 fully saturated rings. The summed E-state index contributed by atoms with van der Waals surface area (Å²) in [4.78, 5) is 18.6. The number of pyridine rings is 1. The monoisotopic (exact) mass is 350 g/mol. The standard InChI is InChI=1S/C19H22N6O/c1-3-25(13-16-8-10-20-11-9-16)12-15-4-6-17(7-5-15)19(26)21-18-14-24(2)23-22-18/h4-11,14H,3,12-13H2,1-2H3,(H,21,26). The van der Waals surface area contributed by atoms with E-state index in [1.165, 1.54) is 5.56 Å². The second kappa shape index (κ2) is 8.35. The van der Waals surface area contributed by atoms with Crippen LogP contribution in [-0.4, -0.2) is 37.3 Å². The molecule has 1 N–H and O–H groups in total. The third kappa shape index (κ3) is 4.73. The van der Waals surface area contributed by atoms with Gasteiger partial charge in [0.2, 0.25) is 0 Å². The van der Waals surface area contributed by atoms with E-state index < -0.39 is 0 Å². The Morgan fingerprint density at radius 3 is 2.31 bits per heavy atom. The first-order valence-corrected chi connectivity index (χ1v) is 8.52. The third-order valence-electron chi connectivity index (χ3n) is 4.07. The van der Waals surface area contributed by atoms with Gasteiger partial charge in [0.25, 0.3) is 5.91 Å². The highest BCUT2D eigenvalue weighted by Crippen LogP contribution is 2.12. The van der Waals surface area contributed by atoms with E-state index in [-0.39, 0.29) is 5.91 Å². The summed E-state index contributed by atoms with van der Waals surface area (Å²) in [6.45, 7) is 4.78. The Labute approximate surface area is 152 Å². The van der Waals surface area contributed by atoms with E-state index in [0.717, 1.165) is 25.2 Å². The highest BCUT2D eigenvalue weighted by molar-refractivity contribution is 6.03. The van der Waals surface area contributed by atoms with Crippen molar-refractivity contribution in [1.82, 2.24) is 24.9 Å². The van der Waals surface area contributed by atoms with Gasteiger partial charge in [-0.25, -0.2) is 0 Å². The van der Waals surface area contributed by atoms with Crippen LogP contribution in [-0.2, 0) is 20.1 Å². The lowest BCUT2D eigenvalue weighted by molar-refractivity contribution is 0.102. The number of hydrogen-bond donors (Lipinski definition) is 1. The molecule has 26 heavy (non-hydrogen) atoms. The molecule has 3 rings (SSSR count). The van der Waals surface area contributed by atoms with E-state index >= 15 is 0 Å². The maximum Gasteiger partial charge on any atom is 0.256 e. The van der Waals surface area contributed by atoms with E-state index in [2.05, 4.69) is 32.4 Å². The van der Waals surface area contributed by atoms with E-state index in [9.17, 15) is 4.79 Å². The summed E-state index contributed by atoms with van der Waals surface area (Å²) >= 11 is 0. The number of rotatable bonds is 7. The maximum absolute atomic E-state index is 12.2. The number of nitrogens with one attached hydrogen (secondary N) is 1. The zero-order chi connectivity index (χ0) is 18.4. The summed E-state index contributed by atoms with van der Waals surface area (Å²) in [6.07, 6.45) is 5.28. The number of hydrogen-bond acceptors (Lipinski definition) is 5. The Balaban J connectivity index is 1.60. The van der Waals surface area contributed by atoms with Gasteiger partial charge in [0.05, 0.1) is 6.20 Å². The van der Waals surface area contributed by atoms with Crippen molar-refractivity contribution < 1.29 is 4.79 Å². The Morgan fingerprint density at radius 2 is 1.73 bits per heavy atom. The Hall–Kier alpha value is -3.06. The van der Waals surface area contributed by atoms with Crippen LogP contribution in [0.4, 0.5) is 5.82 Å². The number of carbonyl (C=O) groups is 1.